The number of carbonyl (C=O) groups excluding carboxylic acids is 2. The summed E-state index contributed by atoms with van der Waals surface area (Å²) in [5.74, 6) is -0.460. The summed E-state index contributed by atoms with van der Waals surface area (Å²) >= 11 is 0. The Bertz CT molecular complexity index is 757. The van der Waals surface area contributed by atoms with Crippen molar-refractivity contribution in [2.24, 2.45) is 11.7 Å². The topological polar surface area (TPSA) is 90.5 Å². The Morgan fingerprint density at radius 3 is 2.76 bits per heavy atom. The summed E-state index contributed by atoms with van der Waals surface area (Å²) in [6.45, 7) is 4.60. The van der Waals surface area contributed by atoms with Crippen molar-refractivity contribution in [2.45, 2.75) is 13.3 Å². The standard InChI is InChI=1S/C18H22N4O3/c1-2-25-12-13-8-9-21(11-13)18(24)15-10-16(17(19)23)22(20-15)14-6-4-3-5-7-14/h3-7,10,13H,2,8-9,11-12H2,1H3,(H2,19,23). The minimum Gasteiger partial charge on any atom is -0.381 e. The largest absolute Gasteiger partial charge is 0.381 e. The molecule has 1 aliphatic rings. The first kappa shape index (κ1) is 17.2. The van der Waals surface area contributed by atoms with Gasteiger partial charge in [0.25, 0.3) is 11.8 Å². The van der Waals surface area contributed by atoms with Crippen LogP contribution in [0.3, 0.4) is 0 Å². The van der Waals surface area contributed by atoms with Gasteiger partial charge in [-0.15, -0.1) is 0 Å². The molecule has 2 amide bonds. The molecular weight excluding hydrogens is 320 g/mol. The summed E-state index contributed by atoms with van der Waals surface area (Å²) in [6.07, 6.45) is 0.911. The molecule has 2 heterocycles. The lowest BCUT2D eigenvalue weighted by Crippen LogP contribution is -2.29. The molecule has 0 bridgehead atoms. The predicted octanol–water partition coefficient (Wildman–Crippen LogP) is 1.47. The van der Waals surface area contributed by atoms with Gasteiger partial charge in [0.2, 0.25) is 0 Å². The number of nitrogens with zero attached hydrogens (tertiary/aromatic N) is 3. The van der Waals surface area contributed by atoms with Crippen molar-refractivity contribution >= 4 is 11.8 Å². The zero-order chi connectivity index (χ0) is 17.8. The molecule has 0 radical (unpaired) electrons. The third-order valence-electron chi connectivity index (χ3n) is 4.31. The van der Waals surface area contributed by atoms with E-state index in [0.717, 1.165) is 6.42 Å². The van der Waals surface area contributed by atoms with Gasteiger partial charge >= 0.3 is 0 Å². The molecule has 0 aliphatic carbocycles. The monoisotopic (exact) mass is 342 g/mol. The number of amides is 2. The average Bonchev–Trinajstić information content (AvgIpc) is 3.27. The Morgan fingerprint density at radius 2 is 2.08 bits per heavy atom. The Morgan fingerprint density at radius 1 is 1.32 bits per heavy atom. The Balaban J connectivity index is 1.81. The van der Waals surface area contributed by atoms with Gasteiger partial charge in [-0.1, -0.05) is 18.2 Å². The molecule has 7 heteroatoms. The van der Waals surface area contributed by atoms with Gasteiger partial charge in [-0.25, -0.2) is 4.68 Å². The van der Waals surface area contributed by atoms with Gasteiger partial charge in [-0.05, 0) is 25.5 Å². The number of nitrogens with two attached hydrogens (primary N) is 1. The van der Waals surface area contributed by atoms with Crippen LogP contribution in [0.1, 0.15) is 34.3 Å². The number of likely N-dealkylation sites (tertiary alicyclic amines) is 1. The van der Waals surface area contributed by atoms with Crippen LogP contribution >= 0.6 is 0 Å². The van der Waals surface area contributed by atoms with Crippen molar-refractivity contribution in [1.29, 1.82) is 0 Å². The lowest BCUT2D eigenvalue weighted by atomic mass is 10.1. The Labute approximate surface area is 146 Å². The fourth-order valence-electron chi connectivity index (χ4n) is 3.03. The molecule has 1 aromatic carbocycles. The quantitative estimate of drug-likeness (QED) is 0.861. The fraction of sp³-hybridized carbons (Fsp3) is 0.389. The summed E-state index contributed by atoms with van der Waals surface area (Å²) in [5, 5.41) is 4.33. The molecule has 0 spiro atoms. The third kappa shape index (κ3) is 3.71. The molecular formula is C18H22N4O3. The van der Waals surface area contributed by atoms with Crippen LogP contribution in [0.5, 0.6) is 0 Å². The number of primary amides is 1. The zero-order valence-corrected chi connectivity index (χ0v) is 14.2. The van der Waals surface area contributed by atoms with Crippen LogP contribution < -0.4 is 5.73 Å². The van der Waals surface area contributed by atoms with Crippen LogP contribution in [0, 0.1) is 5.92 Å². The molecule has 2 N–H and O–H groups in total. The van der Waals surface area contributed by atoms with Crippen LogP contribution in [-0.4, -0.2) is 52.8 Å². The van der Waals surface area contributed by atoms with Crippen molar-refractivity contribution < 1.29 is 14.3 Å². The van der Waals surface area contributed by atoms with Crippen LogP contribution in [0.4, 0.5) is 0 Å². The minimum atomic E-state index is -0.619. The summed E-state index contributed by atoms with van der Waals surface area (Å²) in [6, 6.07) is 10.6. The number of carbonyl (C=O) groups is 2. The number of ether oxygens (including phenoxy) is 1. The smallest absolute Gasteiger partial charge is 0.274 e. The number of hydrogen-bond donors (Lipinski definition) is 1. The molecule has 1 fully saturated rings. The minimum absolute atomic E-state index is 0.184. The van der Waals surface area contributed by atoms with E-state index in [1.165, 1.54) is 10.7 Å². The van der Waals surface area contributed by atoms with E-state index < -0.39 is 5.91 Å². The highest BCUT2D eigenvalue weighted by Gasteiger charge is 2.29. The molecule has 1 unspecified atom stereocenters. The van der Waals surface area contributed by atoms with E-state index in [9.17, 15) is 9.59 Å². The van der Waals surface area contributed by atoms with Gasteiger partial charge < -0.3 is 15.4 Å². The second-order valence-corrected chi connectivity index (χ2v) is 6.09. The highest BCUT2D eigenvalue weighted by molar-refractivity contribution is 5.97. The van der Waals surface area contributed by atoms with Crippen LogP contribution in [0.15, 0.2) is 36.4 Å². The van der Waals surface area contributed by atoms with E-state index in [1.54, 1.807) is 4.90 Å². The summed E-state index contributed by atoms with van der Waals surface area (Å²) in [7, 11) is 0. The van der Waals surface area contributed by atoms with Crippen LogP contribution in [0.25, 0.3) is 5.69 Å². The molecule has 3 rings (SSSR count). The van der Waals surface area contributed by atoms with E-state index in [4.69, 9.17) is 10.5 Å². The van der Waals surface area contributed by atoms with Crippen LogP contribution in [-0.2, 0) is 4.74 Å². The van der Waals surface area contributed by atoms with Crippen molar-refractivity contribution in [3.63, 3.8) is 0 Å². The van der Waals surface area contributed by atoms with E-state index >= 15 is 0 Å². The van der Waals surface area contributed by atoms with Crippen molar-refractivity contribution in [1.82, 2.24) is 14.7 Å². The first-order valence-corrected chi connectivity index (χ1v) is 8.42. The molecule has 0 saturated carbocycles. The van der Waals surface area contributed by atoms with E-state index in [0.29, 0.717) is 37.9 Å². The number of aromatic nitrogens is 2. The zero-order valence-electron chi connectivity index (χ0n) is 14.2. The molecule has 2 aromatic rings. The normalized spacial score (nSPS) is 17.0. The lowest BCUT2D eigenvalue weighted by Gasteiger charge is -2.15. The fourth-order valence-corrected chi connectivity index (χ4v) is 3.03. The molecule has 132 valence electrons. The van der Waals surface area contributed by atoms with Crippen LogP contribution in [0.2, 0.25) is 0 Å². The Hall–Kier alpha value is -2.67. The van der Waals surface area contributed by atoms with Crippen molar-refractivity contribution in [3.05, 3.63) is 47.8 Å². The first-order valence-electron chi connectivity index (χ1n) is 8.42. The van der Waals surface area contributed by atoms with Gasteiger partial charge in [-0.3, -0.25) is 9.59 Å². The third-order valence-corrected chi connectivity index (χ3v) is 4.31. The summed E-state index contributed by atoms with van der Waals surface area (Å²) in [5.41, 5.74) is 6.57. The predicted molar refractivity (Wildman–Crippen MR) is 92.6 cm³/mol. The molecule has 7 nitrogen and oxygen atoms in total. The van der Waals surface area contributed by atoms with Gasteiger partial charge in [0, 0.05) is 31.7 Å². The maximum atomic E-state index is 12.7. The SMILES string of the molecule is CCOCC1CCN(C(=O)c2cc(C(N)=O)n(-c3ccccc3)n2)C1. The number of rotatable bonds is 6. The van der Waals surface area contributed by atoms with Crippen molar-refractivity contribution in [2.75, 3.05) is 26.3 Å². The molecule has 1 atom stereocenters. The van der Waals surface area contributed by atoms with Gasteiger partial charge in [0.15, 0.2) is 5.69 Å². The average molecular weight is 342 g/mol. The summed E-state index contributed by atoms with van der Waals surface area (Å²) in [4.78, 5) is 26.2. The Kier molecular flexibility index (Phi) is 5.14. The van der Waals surface area contributed by atoms with E-state index in [2.05, 4.69) is 5.10 Å². The summed E-state index contributed by atoms with van der Waals surface area (Å²) < 4.78 is 6.86. The van der Waals surface area contributed by atoms with Gasteiger partial charge in [-0.2, -0.15) is 5.10 Å². The molecule has 1 aromatic heterocycles. The number of para-hydroxylation sites is 1. The highest BCUT2D eigenvalue weighted by atomic mass is 16.5. The lowest BCUT2D eigenvalue weighted by molar-refractivity contribution is 0.0756. The number of benzene rings is 1. The molecule has 1 aliphatic heterocycles. The second-order valence-electron chi connectivity index (χ2n) is 6.09. The first-order chi connectivity index (χ1) is 12.1. The van der Waals surface area contributed by atoms with Gasteiger partial charge in [0.05, 0.1) is 12.3 Å². The molecule has 1 saturated heterocycles. The maximum absolute atomic E-state index is 12.7. The van der Waals surface area contributed by atoms with E-state index in [-0.39, 0.29) is 17.3 Å². The van der Waals surface area contributed by atoms with E-state index in [1.807, 2.05) is 37.3 Å². The maximum Gasteiger partial charge on any atom is 0.274 e. The van der Waals surface area contributed by atoms with Gasteiger partial charge in [0.1, 0.15) is 5.69 Å². The molecule has 25 heavy (non-hydrogen) atoms. The second kappa shape index (κ2) is 7.48. The number of hydrogen-bond acceptors (Lipinski definition) is 4. The highest BCUT2D eigenvalue weighted by Crippen LogP contribution is 2.20. The van der Waals surface area contributed by atoms with Crippen molar-refractivity contribution in [3.8, 4) is 5.69 Å².